The fraction of sp³-hybridized carbons (Fsp3) is 0.588. The lowest BCUT2D eigenvalue weighted by Gasteiger charge is -2.32. The molecule has 1 saturated carbocycles. The molecule has 1 aliphatic heterocycles. The van der Waals surface area contributed by atoms with E-state index in [0.717, 1.165) is 37.4 Å². The van der Waals surface area contributed by atoms with Gasteiger partial charge >= 0.3 is 5.69 Å². The molecule has 0 spiro atoms. The molecule has 1 aromatic carbocycles. The number of amides is 1. The van der Waals surface area contributed by atoms with Crippen molar-refractivity contribution < 1.29 is 18.8 Å². The number of halogens is 2. The first-order chi connectivity index (χ1) is 12.0. The van der Waals surface area contributed by atoms with Crippen LogP contribution in [0.4, 0.5) is 10.1 Å². The van der Waals surface area contributed by atoms with Crippen LogP contribution in [-0.2, 0) is 4.79 Å². The molecule has 0 radical (unpaired) electrons. The molecule has 1 heterocycles. The number of nitro benzene ring substituents is 1. The number of carbonyl (C=O) groups excluding carboxylic acids is 1. The third-order valence-corrected chi connectivity index (χ3v) is 4.72. The van der Waals surface area contributed by atoms with E-state index in [1.54, 1.807) is 4.90 Å². The number of hydrogen-bond donors (Lipinski definition) is 1. The average Bonchev–Trinajstić information content (AvgIpc) is 3.42. The number of nitrogens with zero attached hydrogens (tertiary/aromatic N) is 2. The van der Waals surface area contributed by atoms with Crippen LogP contribution in [0.1, 0.15) is 25.7 Å². The lowest BCUT2D eigenvalue weighted by atomic mass is 10.0. The quantitative estimate of drug-likeness (QED) is 0.574. The maximum absolute atomic E-state index is 13.5. The van der Waals surface area contributed by atoms with Crippen LogP contribution in [0.15, 0.2) is 18.2 Å². The predicted octanol–water partition coefficient (Wildman–Crippen LogP) is 2.53. The van der Waals surface area contributed by atoms with Gasteiger partial charge in [-0.25, -0.2) is 0 Å². The minimum Gasteiger partial charge on any atom is -0.484 e. The molecule has 3 rings (SSSR count). The van der Waals surface area contributed by atoms with E-state index in [2.05, 4.69) is 5.32 Å². The molecule has 144 valence electrons. The van der Waals surface area contributed by atoms with E-state index in [1.165, 1.54) is 18.9 Å². The van der Waals surface area contributed by atoms with Crippen LogP contribution in [0.2, 0.25) is 0 Å². The summed E-state index contributed by atoms with van der Waals surface area (Å²) in [6, 6.07) is 3.73. The predicted molar refractivity (Wildman–Crippen MR) is 96.1 cm³/mol. The molecule has 2 aliphatic rings. The number of benzene rings is 1. The van der Waals surface area contributed by atoms with Gasteiger partial charge in [0.25, 0.3) is 5.91 Å². The van der Waals surface area contributed by atoms with Crippen molar-refractivity contribution in [3.63, 3.8) is 0 Å². The van der Waals surface area contributed by atoms with Gasteiger partial charge in [-0.15, -0.1) is 12.4 Å². The summed E-state index contributed by atoms with van der Waals surface area (Å²) >= 11 is 0. The van der Waals surface area contributed by atoms with E-state index >= 15 is 0 Å². The highest BCUT2D eigenvalue weighted by Crippen LogP contribution is 2.28. The normalized spacial score (nSPS) is 17.5. The van der Waals surface area contributed by atoms with Gasteiger partial charge in [-0.1, -0.05) is 0 Å². The Labute approximate surface area is 157 Å². The number of piperidine rings is 1. The van der Waals surface area contributed by atoms with E-state index in [0.29, 0.717) is 19.1 Å². The molecule has 1 aliphatic carbocycles. The van der Waals surface area contributed by atoms with Gasteiger partial charge < -0.3 is 15.0 Å². The first kappa shape index (κ1) is 20.4. The Bertz CT molecular complexity index is 649. The van der Waals surface area contributed by atoms with Gasteiger partial charge in [-0.3, -0.25) is 14.9 Å². The molecular weight excluding hydrogens is 365 g/mol. The van der Waals surface area contributed by atoms with Crippen molar-refractivity contribution in [1.29, 1.82) is 0 Å². The first-order valence-corrected chi connectivity index (χ1v) is 8.61. The van der Waals surface area contributed by atoms with Crippen LogP contribution in [-0.4, -0.2) is 48.0 Å². The summed E-state index contributed by atoms with van der Waals surface area (Å²) in [6.07, 6.45) is 4.49. The van der Waals surface area contributed by atoms with Crippen LogP contribution in [0.5, 0.6) is 5.75 Å². The summed E-state index contributed by atoms with van der Waals surface area (Å²) in [5, 5.41) is 14.1. The monoisotopic (exact) mass is 387 g/mol. The molecule has 1 aromatic rings. The highest BCUT2D eigenvalue weighted by molar-refractivity contribution is 5.85. The fourth-order valence-electron chi connectivity index (χ4n) is 2.95. The summed E-state index contributed by atoms with van der Waals surface area (Å²) in [6.45, 7) is 2.24. The molecule has 1 N–H and O–H groups in total. The molecule has 0 aromatic heterocycles. The summed E-state index contributed by atoms with van der Waals surface area (Å²) in [5.74, 6) is -0.176. The molecule has 26 heavy (non-hydrogen) atoms. The Kier molecular flexibility index (Phi) is 7.16. The molecule has 2 fully saturated rings. The summed E-state index contributed by atoms with van der Waals surface area (Å²) in [5.41, 5.74) is -0.612. The van der Waals surface area contributed by atoms with Gasteiger partial charge in [0.2, 0.25) is 5.82 Å². The van der Waals surface area contributed by atoms with Crippen LogP contribution < -0.4 is 10.1 Å². The summed E-state index contributed by atoms with van der Waals surface area (Å²) < 4.78 is 18.8. The van der Waals surface area contributed by atoms with Crippen LogP contribution in [0.25, 0.3) is 0 Å². The number of likely N-dealkylation sites (tertiary alicyclic amines) is 1. The van der Waals surface area contributed by atoms with Gasteiger partial charge in [-0.2, -0.15) is 4.39 Å². The van der Waals surface area contributed by atoms with Crippen molar-refractivity contribution in [3.05, 3.63) is 34.1 Å². The highest BCUT2D eigenvalue weighted by atomic mass is 35.5. The third-order valence-electron chi connectivity index (χ3n) is 4.72. The second kappa shape index (κ2) is 9.14. The second-order valence-corrected chi connectivity index (χ2v) is 6.67. The van der Waals surface area contributed by atoms with E-state index < -0.39 is 16.4 Å². The number of hydrogen-bond acceptors (Lipinski definition) is 5. The molecule has 0 atom stereocenters. The first-order valence-electron chi connectivity index (χ1n) is 8.61. The van der Waals surface area contributed by atoms with Crippen molar-refractivity contribution in [2.75, 3.05) is 26.2 Å². The molecular formula is C17H23ClFN3O4. The number of nitro groups is 1. The molecule has 9 heteroatoms. The minimum absolute atomic E-state index is 0. The maximum Gasteiger partial charge on any atom is 0.305 e. The number of rotatable bonds is 7. The zero-order valence-corrected chi connectivity index (χ0v) is 15.2. The second-order valence-electron chi connectivity index (χ2n) is 6.67. The van der Waals surface area contributed by atoms with E-state index in [9.17, 15) is 19.3 Å². The molecule has 0 bridgehead atoms. The molecule has 1 saturated heterocycles. The largest absolute Gasteiger partial charge is 0.484 e. The number of nitrogens with one attached hydrogen (secondary N) is 1. The van der Waals surface area contributed by atoms with Gasteiger partial charge in [0.15, 0.2) is 6.61 Å². The van der Waals surface area contributed by atoms with E-state index in [-0.39, 0.29) is 30.7 Å². The lowest BCUT2D eigenvalue weighted by molar-refractivity contribution is -0.387. The van der Waals surface area contributed by atoms with Crippen LogP contribution in [0.3, 0.4) is 0 Å². The standard InChI is InChI=1S/C17H22FN3O4.ClH/c18-15-9-14(3-4-16(15)21(23)24)25-11-17(22)20-7-5-13(6-8-20)19-10-12-1-2-12;/h3-4,9,12-13,19H,1-2,5-8,10-11H2;1H. The Morgan fingerprint density at radius 2 is 2.00 bits per heavy atom. The van der Waals surface area contributed by atoms with Crippen molar-refractivity contribution in [3.8, 4) is 5.75 Å². The Balaban J connectivity index is 0.00000243. The summed E-state index contributed by atoms with van der Waals surface area (Å²) in [7, 11) is 0. The Morgan fingerprint density at radius 3 is 2.58 bits per heavy atom. The SMILES string of the molecule is Cl.O=C(COc1ccc([N+](=O)[O-])c(F)c1)N1CCC(NCC2CC2)CC1. The average molecular weight is 388 g/mol. The van der Waals surface area contributed by atoms with Gasteiger partial charge in [0.05, 0.1) is 4.92 Å². The number of carbonyl (C=O) groups is 1. The fourth-order valence-corrected chi connectivity index (χ4v) is 2.95. The van der Waals surface area contributed by atoms with Crippen molar-refractivity contribution in [2.24, 2.45) is 5.92 Å². The zero-order valence-electron chi connectivity index (χ0n) is 14.4. The number of ether oxygens (including phenoxy) is 1. The smallest absolute Gasteiger partial charge is 0.305 e. The van der Waals surface area contributed by atoms with Crippen LogP contribution in [0, 0.1) is 21.8 Å². The summed E-state index contributed by atoms with van der Waals surface area (Å²) in [4.78, 5) is 23.7. The Hall–Kier alpha value is -1.93. The van der Waals surface area contributed by atoms with Gasteiger partial charge in [0.1, 0.15) is 5.75 Å². The van der Waals surface area contributed by atoms with Crippen molar-refractivity contribution in [1.82, 2.24) is 10.2 Å². The molecule has 0 unspecified atom stereocenters. The Morgan fingerprint density at radius 1 is 1.31 bits per heavy atom. The molecule has 1 amide bonds. The van der Waals surface area contributed by atoms with E-state index in [4.69, 9.17) is 4.74 Å². The zero-order chi connectivity index (χ0) is 17.8. The van der Waals surface area contributed by atoms with Crippen molar-refractivity contribution in [2.45, 2.75) is 31.7 Å². The molecule has 7 nitrogen and oxygen atoms in total. The third kappa shape index (κ3) is 5.54. The topological polar surface area (TPSA) is 84.7 Å². The van der Waals surface area contributed by atoms with Crippen LogP contribution >= 0.6 is 12.4 Å². The maximum atomic E-state index is 13.5. The van der Waals surface area contributed by atoms with E-state index in [1.807, 2.05) is 0 Å². The van der Waals surface area contributed by atoms with Gasteiger partial charge in [-0.05, 0) is 44.2 Å². The minimum atomic E-state index is -0.975. The van der Waals surface area contributed by atoms with Crippen molar-refractivity contribution >= 4 is 24.0 Å². The lowest BCUT2D eigenvalue weighted by Crippen LogP contribution is -2.46. The highest BCUT2D eigenvalue weighted by Gasteiger charge is 2.26. The van der Waals surface area contributed by atoms with Gasteiger partial charge in [0, 0.05) is 31.3 Å².